The molecule has 0 aliphatic rings. The summed E-state index contributed by atoms with van der Waals surface area (Å²) in [5.41, 5.74) is 1.47. The van der Waals surface area contributed by atoms with Gasteiger partial charge in [-0.1, -0.05) is 12.1 Å². The van der Waals surface area contributed by atoms with Crippen LogP contribution in [0.1, 0.15) is 10.4 Å². The van der Waals surface area contributed by atoms with Crippen LogP contribution in [0.3, 0.4) is 0 Å². The maximum absolute atomic E-state index is 13.4. The lowest BCUT2D eigenvalue weighted by Crippen LogP contribution is -2.21. The number of hydrogen-bond donors (Lipinski definition) is 1. The number of rotatable bonds is 4. The molecule has 1 N–H and O–H groups in total. The van der Waals surface area contributed by atoms with Crippen molar-refractivity contribution in [2.45, 2.75) is 0 Å². The van der Waals surface area contributed by atoms with E-state index < -0.39 is 24.3 Å². The molecule has 0 aliphatic carbocycles. The van der Waals surface area contributed by atoms with Crippen molar-refractivity contribution in [3.63, 3.8) is 0 Å². The van der Waals surface area contributed by atoms with E-state index in [9.17, 15) is 14.0 Å². The van der Waals surface area contributed by atoms with Crippen molar-refractivity contribution < 1.29 is 18.7 Å². The SMILES string of the molecule is O=C(COC(=O)c1ccc2nccnc2c1)Nc1ccccc1F. The number of ether oxygens (including phenoxy) is 1. The molecule has 0 bridgehead atoms. The molecule has 0 aliphatic heterocycles. The first-order valence-corrected chi connectivity index (χ1v) is 7.06. The number of hydrogen-bond acceptors (Lipinski definition) is 5. The first kappa shape index (κ1) is 15.5. The van der Waals surface area contributed by atoms with Gasteiger partial charge in [-0.25, -0.2) is 9.18 Å². The van der Waals surface area contributed by atoms with Gasteiger partial charge < -0.3 is 10.1 Å². The molecule has 6 nitrogen and oxygen atoms in total. The van der Waals surface area contributed by atoms with Crippen molar-refractivity contribution in [1.29, 1.82) is 0 Å². The minimum Gasteiger partial charge on any atom is -0.452 e. The van der Waals surface area contributed by atoms with E-state index in [4.69, 9.17) is 4.74 Å². The third kappa shape index (κ3) is 3.52. The molecule has 1 aromatic heterocycles. The number of anilines is 1. The lowest BCUT2D eigenvalue weighted by atomic mass is 10.2. The number of aromatic nitrogens is 2. The number of nitrogens with zero attached hydrogens (tertiary/aromatic N) is 2. The summed E-state index contributed by atoms with van der Waals surface area (Å²) in [5, 5.41) is 2.33. The number of fused-ring (bicyclic) bond motifs is 1. The Kier molecular flexibility index (Phi) is 4.42. The van der Waals surface area contributed by atoms with Crippen molar-refractivity contribution in [2.24, 2.45) is 0 Å². The van der Waals surface area contributed by atoms with Crippen molar-refractivity contribution in [1.82, 2.24) is 9.97 Å². The van der Waals surface area contributed by atoms with Gasteiger partial charge in [-0.05, 0) is 30.3 Å². The molecule has 7 heteroatoms. The molecule has 0 spiro atoms. The molecule has 0 atom stereocenters. The Labute approximate surface area is 136 Å². The van der Waals surface area contributed by atoms with E-state index in [2.05, 4.69) is 15.3 Å². The predicted octanol–water partition coefficient (Wildman–Crippen LogP) is 2.56. The van der Waals surface area contributed by atoms with Crippen LogP contribution in [0.15, 0.2) is 54.9 Å². The van der Waals surface area contributed by atoms with Crippen LogP contribution < -0.4 is 5.32 Å². The number of esters is 1. The molecule has 120 valence electrons. The lowest BCUT2D eigenvalue weighted by molar-refractivity contribution is -0.119. The Morgan fingerprint density at radius 2 is 1.79 bits per heavy atom. The Morgan fingerprint density at radius 1 is 1.04 bits per heavy atom. The van der Waals surface area contributed by atoms with Gasteiger partial charge in [-0.15, -0.1) is 0 Å². The van der Waals surface area contributed by atoms with Gasteiger partial charge in [0.25, 0.3) is 5.91 Å². The smallest absolute Gasteiger partial charge is 0.338 e. The van der Waals surface area contributed by atoms with Crippen LogP contribution in [0.4, 0.5) is 10.1 Å². The quantitative estimate of drug-likeness (QED) is 0.746. The fourth-order valence-electron chi connectivity index (χ4n) is 2.05. The largest absolute Gasteiger partial charge is 0.452 e. The zero-order valence-electron chi connectivity index (χ0n) is 12.4. The van der Waals surface area contributed by atoms with Crippen molar-refractivity contribution in [3.8, 4) is 0 Å². The highest BCUT2D eigenvalue weighted by Crippen LogP contribution is 2.13. The molecule has 1 heterocycles. The molecule has 3 rings (SSSR count). The number of carbonyl (C=O) groups excluding carboxylic acids is 2. The number of carbonyl (C=O) groups is 2. The maximum Gasteiger partial charge on any atom is 0.338 e. The number of halogens is 1. The summed E-state index contributed by atoms with van der Waals surface area (Å²) in [6.07, 6.45) is 3.06. The number of nitrogens with one attached hydrogen (secondary N) is 1. The standard InChI is InChI=1S/C17H12FN3O3/c18-12-3-1-2-4-13(12)21-16(22)10-24-17(23)11-5-6-14-15(9-11)20-8-7-19-14/h1-9H,10H2,(H,21,22). The molecular formula is C17H12FN3O3. The second-order valence-electron chi connectivity index (χ2n) is 4.86. The van der Waals surface area contributed by atoms with Crippen molar-refractivity contribution >= 4 is 28.6 Å². The molecule has 0 saturated carbocycles. The second-order valence-corrected chi connectivity index (χ2v) is 4.86. The number of benzene rings is 2. The number of para-hydroxylation sites is 1. The minimum atomic E-state index is -0.675. The average Bonchev–Trinajstić information content (AvgIpc) is 2.61. The lowest BCUT2D eigenvalue weighted by Gasteiger charge is -2.07. The summed E-state index contributed by atoms with van der Waals surface area (Å²) in [6, 6.07) is 10.4. The molecule has 0 saturated heterocycles. The predicted molar refractivity (Wildman–Crippen MR) is 84.9 cm³/mol. The average molecular weight is 325 g/mol. The molecule has 1 amide bonds. The van der Waals surface area contributed by atoms with E-state index in [1.807, 2.05) is 0 Å². The van der Waals surface area contributed by atoms with Gasteiger partial charge in [0.1, 0.15) is 5.82 Å². The highest BCUT2D eigenvalue weighted by molar-refractivity contribution is 5.97. The third-order valence-corrected chi connectivity index (χ3v) is 3.19. The zero-order valence-corrected chi connectivity index (χ0v) is 12.4. The maximum atomic E-state index is 13.4. The summed E-state index contributed by atoms with van der Waals surface area (Å²) >= 11 is 0. The Balaban J connectivity index is 1.62. The fourth-order valence-corrected chi connectivity index (χ4v) is 2.05. The van der Waals surface area contributed by atoms with Crippen LogP contribution in [0.5, 0.6) is 0 Å². The molecule has 24 heavy (non-hydrogen) atoms. The summed E-state index contributed by atoms with van der Waals surface area (Å²) in [7, 11) is 0. The Bertz CT molecular complexity index is 914. The molecule has 3 aromatic rings. The molecular weight excluding hydrogens is 313 g/mol. The van der Waals surface area contributed by atoms with Crippen molar-refractivity contribution in [2.75, 3.05) is 11.9 Å². The zero-order chi connectivity index (χ0) is 16.9. The summed E-state index contributed by atoms with van der Waals surface area (Å²) in [5.74, 6) is -1.87. The summed E-state index contributed by atoms with van der Waals surface area (Å²) in [6.45, 7) is -0.522. The van der Waals surface area contributed by atoms with Crippen LogP contribution in [-0.4, -0.2) is 28.5 Å². The monoisotopic (exact) mass is 325 g/mol. The number of amides is 1. The summed E-state index contributed by atoms with van der Waals surface area (Å²) in [4.78, 5) is 31.9. The van der Waals surface area contributed by atoms with Gasteiger partial charge in [-0.3, -0.25) is 14.8 Å². The first-order chi connectivity index (χ1) is 11.6. The van der Waals surface area contributed by atoms with E-state index in [-0.39, 0.29) is 11.3 Å². The van der Waals surface area contributed by atoms with E-state index in [1.54, 1.807) is 18.3 Å². The highest BCUT2D eigenvalue weighted by Gasteiger charge is 2.12. The molecule has 0 radical (unpaired) electrons. The molecule has 0 unspecified atom stereocenters. The highest BCUT2D eigenvalue weighted by atomic mass is 19.1. The van der Waals surface area contributed by atoms with Gasteiger partial charge in [-0.2, -0.15) is 0 Å². The Hall–Kier alpha value is -3.35. The Morgan fingerprint density at radius 3 is 2.58 bits per heavy atom. The van der Waals surface area contributed by atoms with Gasteiger partial charge in [0.05, 0.1) is 22.3 Å². The second kappa shape index (κ2) is 6.82. The van der Waals surface area contributed by atoms with Crippen LogP contribution >= 0.6 is 0 Å². The van der Waals surface area contributed by atoms with Crippen LogP contribution in [0.25, 0.3) is 11.0 Å². The van der Waals surface area contributed by atoms with Gasteiger partial charge in [0, 0.05) is 12.4 Å². The minimum absolute atomic E-state index is 0.0273. The van der Waals surface area contributed by atoms with E-state index in [1.165, 1.54) is 36.5 Å². The van der Waals surface area contributed by atoms with E-state index in [0.717, 1.165) is 0 Å². The summed E-state index contributed by atoms with van der Waals surface area (Å²) < 4.78 is 18.4. The van der Waals surface area contributed by atoms with E-state index in [0.29, 0.717) is 11.0 Å². The fraction of sp³-hybridized carbons (Fsp3) is 0.0588. The molecule has 2 aromatic carbocycles. The van der Waals surface area contributed by atoms with Gasteiger partial charge >= 0.3 is 5.97 Å². The van der Waals surface area contributed by atoms with Crippen LogP contribution in [-0.2, 0) is 9.53 Å². The van der Waals surface area contributed by atoms with Crippen molar-refractivity contribution in [3.05, 3.63) is 66.2 Å². The van der Waals surface area contributed by atoms with Gasteiger partial charge in [0.15, 0.2) is 6.61 Å². The third-order valence-electron chi connectivity index (χ3n) is 3.19. The topological polar surface area (TPSA) is 81.2 Å². The van der Waals surface area contributed by atoms with Crippen LogP contribution in [0.2, 0.25) is 0 Å². The van der Waals surface area contributed by atoms with Crippen LogP contribution in [0, 0.1) is 5.82 Å². The van der Waals surface area contributed by atoms with Gasteiger partial charge in [0.2, 0.25) is 0 Å². The van der Waals surface area contributed by atoms with E-state index >= 15 is 0 Å². The normalized spacial score (nSPS) is 10.4. The first-order valence-electron chi connectivity index (χ1n) is 7.06. The molecule has 0 fully saturated rings.